The van der Waals surface area contributed by atoms with Gasteiger partial charge in [0.25, 0.3) is 5.91 Å². The van der Waals surface area contributed by atoms with Crippen molar-refractivity contribution in [2.75, 3.05) is 19.6 Å². The molecule has 0 unspecified atom stereocenters. The molecule has 2 rings (SSSR count). The Morgan fingerprint density at radius 2 is 2.05 bits per heavy atom. The van der Waals surface area contributed by atoms with Crippen LogP contribution in [0.4, 0.5) is 0 Å². The molecule has 1 aliphatic heterocycles. The molecule has 118 valence electrons. The first-order valence-corrected chi connectivity index (χ1v) is 8.83. The van der Waals surface area contributed by atoms with Gasteiger partial charge in [0.2, 0.25) is 0 Å². The van der Waals surface area contributed by atoms with Crippen molar-refractivity contribution in [3.63, 3.8) is 0 Å². The second kappa shape index (κ2) is 6.77. The largest absolute Gasteiger partial charge is 0.373 e. The summed E-state index contributed by atoms with van der Waals surface area (Å²) in [5.41, 5.74) is -0.0869. The quantitative estimate of drug-likeness (QED) is 0.879. The molecule has 1 amide bonds. The van der Waals surface area contributed by atoms with Crippen LogP contribution in [0.15, 0.2) is 15.9 Å². The summed E-state index contributed by atoms with van der Waals surface area (Å²) < 4.78 is 6.75. The van der Waals surface area contributed by atoms with Crippen LogP contribution in [0.1, 0.15) is 37.4 Å². The van der Waals surface area contributed by atoms with E-state index in [0.29, 0.717) is 6.54 Å². The van der Waals surface area contributed by atoms with Crippen molar-refractivity contribution in [1.29, 1.82) is 0 Å². The standard InChI is InChI=1S/C15H23BrN2O2S/c1-10-7-18(8-11(2)20-10)15(3,4)9-17-14(19)12-5-6-13(16)21-12/h5-6,10-11H,7-9H2,1-4H3,(H,17,19)/t10-,11-/m1/s1. The molecule has 1 aromatic rings. The summed E-state index contributed by atoms with van der Waals surface area (Å²) in [5.74, 6) is -0.00636. The summed E-state index contributed by atoms with van der Waals surface area (Å²) >= 11 is 4.84. The van der Waals surface area contributed by atoms with Crippen molar-refractivity contribution in [3.05, 3.63) is 20.8 Å². The van der Waals surface area contributed by atoms with Crippen LogP contribution in [0.2, 0.25) is 0 Å². The maximum absolute atomic E-state index is 12.2. The summed E-state index contributed by atoms with van der Waals surface area (Å²) in [6.07, 6.45) is 0.467. The fraction of sp³-hybridized carbons (Fsp3) is 0.667. The predicted octanol–water partition coefficient (Wildman–Crippen LogP) is 3.13. The van der Waals surface area contributed by atoms with E-state index in [1.54, 1.807) is 0 Å². The van der Waals surface area contributed by atoms with Crippen LogP contribution in [-0.2, 0) is 4.74 Å². The molecule has 0 spiro atoms. The van der Waals surface area contributed by atoms with Gasteiger partial charge in [-0.3, -0.25) is 9.69 Å². The van der Waals surface area contributed by atoms with Gasteiger partial charge in [-0.25, -0.2) is 0 Å². The number of amides is 1. The molecule has 4 nitrogen and oxygen atoms in total. The third kappa shape index (κ3) is 4.52. The summed E-state index contributed by atoms with van der Waals surface area (Å²) in [5, 5.41) is 3.05. The number of nitrogens with zero attached hydrogens (tertiary/aromatic N) is 1. The molecule has 6 heteroatoms. The van der Waals surface area contributed by atoms with Gasteiger partial charge >= 0.3 is 0 Å². The fourth-order valence-corrected chi connectivity index (χ4v) is 3.91. The fourth-order valence-electron chi connectivity index (χ4n) is 2.60. The third-order valence-electron chi connectivity index (χ3n) is 3.75. The highest BCUT2D eigenvalue weighted by atomic mass is 79.9. The molecule has 2 atom stereocenters. The zero-order valence-corrected chi connectivity index (χ0v) is 15.4. The summed E-state index contributed by atoms with van der Waals surface area (Å²) in [6.45, 7) is 11.0. The molecule has 0 bridgehead atoms. The van der Waals surface area contributed by atoms with E-state index >= 15 is 0 Å². The van der Waals surface area contributed by atoms with Crippen molar-refractivity contribution >= 4 is 33.2 Å². The van der Waals surface area contributed by atoms with E-state index in [1.165, 1.54) is 11.3 Å². The SMILES string of the molecule is C[C@@H]1CN(C(C)(C)CNC(=O)c2ccc(Br)s2)C[C@@H](C)O1. The van der Waals surface area contributed by atoms with Crippen LogP contribution in [0.25, 0.3) is 0 Å². The van der Waals surface area contributed by atoms with E-state index in [-0.39, 0.29) is 23.7 Å². The highest BCUT2D eigenvalue weighted by molar-refractivity contribution is 9.11. The van der Waals surface area contributed by atoms with Gasteiger partial charge < -0.3 is 10.1 Å². The van der Waals surface area contributed by atoms with Crippen LogP contribution in [-0.4, -0.2) is 48.2 Å². The molecule has 0 radical (unpaired) electrons. The molecule has 2 heterocycles. The van der Waals surface area contributed by atoms with Gasteiger partial charge in [-0.1, -0.05) is 0 Å². The van der Waals surface area contributed by atoms with Crippen molar-refractivity contribution in [2.45, 2.75) is 45.4 Å². The van der Waals surface area contributed by atoms with E-state index < -0.39 is 0 Å². The van der Waals surface area contributed by atoms with Crippen molar-refractivity contribution in [1.82, 2.24) is 10.2 Å². The highest BCUT2D eigenvalue weighted by Crippen LogP contribution is 2.23. The van der Waals surface area contributed by atoms with Gasteiger partial charge in [-0.15, -0.1) is 11.3 Å². The lowest BCUT2D eigenvalue weighted by Gasteiger charge is -2.45. The maximum atomic E-state index is 12.2. The molecule has 0 saturated carbocycles. The van der Waals surface area contributed by atoms with Gasteiger partial charge in [0.1, 0.15) is 0 Å². The topological polar surface area (TPSA) is 41.6 Å². The minimum atomic E-state index is -0.0869. The summed E-state index contributed by atoms with van der Waals surface area (Å²) in [4.78, 5) is 15.3. The number of ether oxygens (including phenoxy) is 1. The molecule has 1 aromatic heterocycles. The van der Waals surface area contributed by atoms with Crippen molar-refractivity contribution < 1.29 is 9.53 Å². The van der Waals surface area contributed by atoms with E-state index in [1.807, 2.05) is 12.1 Å². The van der Waals surface area contributed by atoms with E-state index in [2.05, 4.69) is 53.8 Å². The maximum Gasteiger partial charge on any atom is 0.261 e. The highest BCUT2D eigenvalue weighted by Gasteiger charge is 2.33. The Balaban J connectivity index is 1.92. The van der Waals surface area contributed by atoms with Gasteiger partial charge in [-0.05, 0) is 55.8 Å². The molecular weight excluding hydrogens is 352 g/mol. The summed E-state index contributed by atoms with van der Waals surface area (Å²) in [7, 11) is 0. The zero-order chi connectivity index (χ0) is 15.6. The second-order valence-electron chi connectivity index (χ2n) is 6.26. The van der Waals surface area contributed by atoms with Crippen LogP contribution in [0, 0.1) is 0 Å². The van der Waals surface area contributed by atoms with Crippen LogP contribution in [0.3, 0.4) is 0 Å². The average molecular weight is 375 g/mol. The lowest BCUT2D eigenvalue weighted by molar-refractivity contribution is -0.0948. The van der Waals surface area contributed by atoms with Gasteiger partial charge in [0, 0.05) is 25.2 Å². The molecule has 1 aliphatic rings. The molecule has 1 fully saturated rings. The number of nitrogens with one attached hydrogen (secondary N) is 1. The number of hydrogen-bond acceptors (Lipinski definition) is 4. The number of morpholine rings is 1. The van der Waals surface area contributed by atoms with Crippen molar-refractivity contribution in [3.8, 4) is 0 Å². The number of rotatable bonds is 4. The number of hydrogen-bond donors (Lipinski definition) is 1. The molecule has 0 aromatic carbocycles. The van der Waals surface area contributed by atoms with Crippen LogP contribution >= 0.6 is 27.3 Å². The van der Waals surface area contributed by atoms with Gasteiger partial charge in [-0.2, -0.15) is 0 Å². The lowest BCUT2D eigenvalue weighted by Crippen LogP contribution is -2.58. The first-order valence-electron chi connectivity index (χ1n) is 7.22. The average Bonchev–Trinajstić information content (AvgIpc) is 2.82. The van der Waals surface area contributed by atoms with Gasteiger partial charge in [0.05, 0.1) is 20.9 Å². The Hall–Kier alpha value is -0.430. The molecule has 21 heavy (non-hydrogen) atoms. The van der Waals surface area contributed by atoms with Crippen LogP contribution in [0.5, 0.6) is 0 Å². The number of thiophene rings is 1. The Morgan fingerprint density at radius 1 is 1.43 bits per heavy atom. The second-order valence-corrected chi connectivity index (χ2v) is 8.72. The molecule has 0 aliphatic carbocycles. The van der Waals surface area contributed by atoms with E-state index in [9.17, 15) is 4.79 Å². The normalized spacial score (nSPS) is 24.0. The molecular formula is C15H23BrN2O2S. The minimum Gasteiger partial charge on any atom is -0.373 e. The Labute approximate surface area is 139 Å². The number of halogens is 1. The minimum absolute atomic E-state index is 0.00636. The third-order valence-corrected chi connectivity index (χ3v) is 5.38. The molecule has 1 N–H and O–H groups in total. The van der Waals surface area contributed by atoms with Crippen molar-refractivity contribution in [2.24, 2.45) is 0 Å². The number of carbonyl (C=O) groups is 1. The number of carbonyl (C=O) groups excluding carboxylic acids is 1. The zero-order valence-electron chi connectivity index (χ0n) is 13.0. The lowest BCUT2D eigenvalue weighted by atomic mass is 10.00. The first kappa shape index (κ1) is 16.9. The predicted molar refractivity (Wildman–Crippen MR) is 90.0 cm³/mol. The Kier molecular flexibility index (Phi) is 5.46. The first-order chi connectivity index (χ1) is 9.78. The molecule has 1 saturated heterocycles. The van der Waals surface area contributed by atoms with E-state index in [4.69, 9.17) is 4.74 Å². The Bertz CT molecular complexity index is 494. The smallest absolute Gasteiger partial charge is 0.261 e. The van der Waals surface area contributed by atoms with Gasteiger partial charge in [0.15, 0.2) is 0 Å². The summed E-state index contributed by atoms with van der Waals surface area (Å²) in [6, 6.07) is 3.74. The Morgan fingerprint density at radius 3 is 2.57 bits per heavy atom. The van der Waals surface area contributed by atoms with E-state index in [0.717, 1.165) is 21.8 Å². The monoisotopic (exact) mass is 374 g/mol. The van der Waals surface area contributed by atoms with Crippen LogP contribution < -0.4 is 5.32 Å².